The highest BCUT2D eigenvalue weighted by molar-refractivity contribution is 6.31. The zero-order chi connectivity index (χ0) is 17.1. The molecule has 0 aliphatic rings. The predicted molar refractivity (Wildman–Crippen MR) is 98.6 cm³/mol. The number of nitrogens with zero attached hydrogens (tertiary/aromatic N) is 2. The minimum Gasteiger partial charge on any atom is -0.309 e. The third kappa shape index (κ3) is 3.17. The molecule has 3 rings (SSSR count). The minimum atomic E-state index is -0.125. The zero-order valence-corrected chi connectivity index (χ0v) is 14.3. The highest BCUT2D eigenvalue weighted by atomic mass is 35.5. The predicted octanol–water partition coefficient (Wildman–Crippen LogP) is 4.99. The molecule has 0 N–H and O–H groups in total. The Labute approximate surface area is 146 Å². The van der Waals surface area contributed by atoms with E-state index in [1.165, 1.54) is 0 Å². The van der Waals surface area contributed by atoms with Crippen LogP contribution in [0.1, 0.15) is 15.9 Å². The van der Waals surface area contributed by atoms with E-state index in [0.717, 1.165) is 22.4 Å². The summed E-state index contributed by atoms with van der Waals surface area (Å²) in [6, 6.07) is 17.0. The first-order valence-corrected chi connectivity index (χ1v) is 7.99. The lowest BCUT2D eigenvalue weighted by molar-refractivity contribution is 0.0993. The van der Waals surface area contributed by atoms with Gasteiger partial charge in [-0.25, -0.2) is 0 Å². The maximum absolute atomic E-state index is 12.8. The van der Waals surface area contributed by atoms with Gasteiger partial charge in [0.2, 0.25) is 0 Å². The van der Waals surface area contributed by atoms with Crippen LogP contribution in [-0.2, 0) is 0 Å². The summed E-state index contributed by atoms with van der Waals surface area (Å²) in [5.41, 5.74) is 4.51. The van der Waals surface area contributed by atoms with E-state index >= 15 is 0 Å². The summed E-state index contributed by atoms with van der Waals surface area (Å²) in [5.74, 6) is -0.125. The second-order valence-corrected chi connectivity index (χ2v) is 6.02. The maximum atomic E-state index is 12.8. The normalized spacial score (nSPS) is 10.5. The van der Waals surface area contributed by atoms with Gasteiger partial charge in [0.25, 0.3) is 5.91 Å². The van der Waals surface area contributed by atoms with Gasteiger partial charge in [-0.05, 0) is 42.3 Å². The number of carbonyl (C=O) groups is 1. The molecule has 0 atom stereocenters. The molecule has 120 valence electrons. The molecule has 0 aliphatic carbocycles. The molecule has 0 saturated heterocycles. The number of pyridine rings is 1. The fourth-order valence-corrected chi connectivity index (χ4v) is 2.87. The lowest BCUT2D eigenvalue weighted by Crippen LogP contribution is -2.26. The molecule has 0 bridgehead atoms. The van der Waals surface area contributed by atoms with E-state index in [9.17, 15) is 4.79 Å². The van der Waals surface area contributed by atoms with Gasteiger partial charge in [0, 0.05) is 29.4 Å². The third-order valence-electron chi connectivity index (χ3n) is 3.97. The number of benzene rings is 2. The molecule has 4 heteroatoms. The van der Waals surface area contributed by atoms with Crippen LogP contribution in [0.2, 0.25) is 5.02 Å². The van der Waals surface area contributed by atoms with Crippen LogP contribution in [0.3, 0.4) is 0 Å². The molecule has 3 nitrogen and oxygen atoms in total. The number of amides is 1. The molecule has 0 unspecified atom stereocenters. The van der Waals surface area contributed by atoms with Crippen molar-refractivity contribution in [2.24, 2.45) is 0 Å². The van der Waals surface area contributed by atoms with Crippen LogP contribution in [-0.4, -0.2) is 17.9 Å². The molecule has 0 saturated carbocycles. The van der Waals surface area contributed by atoms with Crippen molar-refractivity contribution in [3.05, 3.63) is 83.1 Å². The quantitative estimate of drug-likeness (QED) is 0.675. The molecule has 0 spiro atoms. The van der Waals surface area contributed by atoms with E-state index in [-0.39, 0.29) is 5.91 Å². The van der Waals surface area contributed by atoms with Crippen molar-refractivity contribution < 1.29 is 4.79 Å². The van der Waals surface area contributed by atoms with E-state index in [2.05, 4.69) is 18.0 Å². The fourth-order valence-electron chi connectivity index (χ4n) is 2.68. The van der Waals surface area contributed by atoms with Gasteiger partial charge in [-0.1, -0.05) is 41.9 Å². The van der Waals surface area contributed by atoms with Crippen molar-refractivity contribution in [2.45, 2.75) is 6.92 Å². The van der Waals surface area contributed by atoms with Crippen LogP contribution in [0, 0.1) is 6.92 Å². The van der Waals surface area contributed by atoms with Crippen molar-refractivity contribution in [1.82, 2.24) is 4.98 Å². The van der Waals surface area contributed by atoms with Crippen molar-refractivity contribution in [1.29, 1.82) is 0 Å². The van der Waals surface area contributed by atoms with E-state index < -0.39 is 0 Å². The van der Waals surface area contributed by atoms with Gasteiger partial charge in [0.05, 0.1) is 11.9 Å². The van der Waals surface area contributed by atoms with Gasteiger partial charge in [0.1, 0.15) is 0 Å². The monoisotopic (exact) mass is 336 g/mol. The summed E-state index contributed by atoms with van der Waals surface area (Å²) in [5, 5.41) is 0.541. The van der Waals surface area contributed by atoms with Crippen LogP contribution in [0.4, 0.5) is 5.69 Å². The van der Waals surface area contributed by atoms with Crippen molar-refractivity contribution in [3.8, 4) is 11.1 Å². The molecule has 2 aromatic carbocycles. The van der Waals surface area contributed by atoms with Crippen LogP contribution in [0.25, 0.3) is 11.1 Å². The minimum absolute atomic E-state index is 0.125. The molecule has 0 aliphatic heterocycles. The average Bonchev–Trinajstić information content (AvgIpc) is 2.61. The number of anilines is 1. The number of halogens is 1. The van der Waals surface area contributed by atoms with E-state index in [4.69, 9.17) is 11.6 Å². The van der Waals surface area contributed by atoms with Crippen LogP contribution < -0.4 is 4.90 Å². The Balaban J connectivity index is 2.04. The summed E-state index contributed by atoms with van der Waals surface area (Å²) in [6.07, 6.45) is 3.45. The largest absolute Gasteiger partial charge is 0.309 e. The molecule has 3 aromatic rings. The summed E-state index contributed by atoms with van der Waals surface area (Å²) in [7, 11) is 1.75. The Hall–Kier alpha value is -2.65. The van der Waals surface area contributed by atoms with Gasteiger partial charge < -0.3 is 4.90 Å². The van der Waals surface area contributed by atoms with Crippen molar-refractivity contribution in [2.75, 3.05) is 11.9 Å². The van der Waals surface area contributed by atoms with Gasteiger partial charge in [-0.2, -0.15) is 0 Å². The number of aryl methyl sites for hydroxylation is 1. The molecule has 1 aromatic heterocycles. The smallest absolute Gasteiger partial charge is 0.258 e. The topological polar surface area (TPSA) is 33.2 Å². The lowest BCUT2D eigenvalue weighted by atomic mass is 10.00. The number of carbonyl (C=O) groups excluding carboxylic acids is 1. The summed E-state index contributed by atoms with van der Waals surface area (Å²) >= 11 is 6.00. The van der Waals surface area contributed by atoms with Crippen LogP contribution >= 0.6 is 11.6 Å². The lowest BCUT2D eigenvalue weighted by Gasteiger charge is -2.21. The fraction of sp³-hybridized carbons (Fsp3) is 0.100. The van der Waals surface area contributed by atoms with Gasteiger partial charge in [-0.15, -0.1) is 0 Å². The Morgan fingerprint density at radius 2 is 1.83 bits per heavy atom. The second kappa shape index (κ2) is 6.85. The Kier molecular flexibility index (Phi) is 4.63. The molecule has 0 fully saturated rings. The summed E-state index contributed by atoms with van der Waals surface area (Å²) in [4.78, 5) is 18.6. The molecular weight excluding hydrogens is 320 g/mol. The molecule has 1 amide bonds. The summed E-state index contributed by atoms with van der Waals surface area (Å²) in [6.45, 7) is 2.05. The number of aromatic nitrogens is 1. The molecular formula is C20H17ClN2O. The van der Waals surface area contributed by atoms with E-state index in [1.807, 2.05) is 24.3 Å². The first kappa shape index (κ1) is 16.2. The van der Waals surface area contributed by atoms with E-state index in [0.29, 0.717) is 10.6 Å². The highest BCUT2D eigenvalue weighted by Crippen LogP contribution is 2.32. The van der Waals surface area contributed by atoms with Crippen LogP contribution in [0.5, 0.6) is 0 Å². The Morgan fingerprint density at radius 3 is 2.58 bits per heavy atom. The molecule has 24 heavy (non-hydrogen) atoms. The number of hydrogen-bond acceptors (Lipinski definition) is 2. The third-order valence-corrected chi connectivity index (χ3v) is 4.21. The van der Waals surface area contributed by atoms with Crippen molar-refractivity contribution in [3.63, 3.8) is 0 Å². The molecule has 0 radical (unpaired) electrons. The SMILES string of the molecule is Cc1ccccc1-c1ccncc1N(C)C(=O)c1cccc(Cl)c1. The van der Waals surface area contributed by atoms with E-state index in [1.54, 1.807) is 48.6 Å². The van der Waals surface area contributed by atoms with Crippen LogP contribution in [0.15, 0.2) is 67.0 Å². The standard InChI is InChI=1S/C20H17ClN2O/c1-14-6-3-4-9-17(14)18-10-11-22-13-19(18)23(2)20(24)15-7-5-8-16(21)12-15/h3-13H,1-2H3. The number of rotatable bonds is 3. The first-order valence-electron chi connectivity index (χ1n) is 7.61. The second-order valence-electron chi connectivity index (χ2n) is 5.58. The average molecular weight is 337 g/mol. The van der Waals surface area contributed by atoms with Gasteiger partial charge in [0.15, 0.2) is 0 Å². The molecule has 1 heterocycles. The first-order chi connectivity index (χ1) is 11.6. The number of hydrogen-bond donors (Lipinski definition) is 0. The summed E-state index contributed by atoms with van der Waals surface area (Å²) < 4.78 is 0. The highest BCUT2D eigenvalue weighted by Gasteiger charge is 2.18. The van der Waals surface area contributed by atoms with Gasteiger partial charge >= 0.3 is 0 Å². The van der Waals surface area contributed by atoms with Crippen molar-refractivity contribution >= 4 is 23.2 Å². The maximum Gasteiger partial charge on any atom is 0.258 e. The Bertz CT molecular complexity index is 892. The zero-order valence-electron chi connectivity index (χ0n) is 13.5. The van der Waals surface area contributed by atoms with Gasteiger partial charge in [-0.3, -0.25) is 9.78 Å². The Morgan fingerprint density at radius 1 is 1.04 bits per heavy atom.